The fourth-order valence-corrected chi connectivity index (χ4v) is 2.88. The summed E-state index contributed by atoms with van der Waals surface area (Å²) < 4.78 is 0. The second kappa shape index (κ2) is 8.11. The van der Waals surface area contributed by atoms with Crippen LogP contribution in [0.15, 0.2) is 24.3 Å². The zero-order chi connectivity index (χ0) is 16.8. The van der Waals surface area contributed by atoms with Crippen LogP contribution in [-0.2, 0) is 4.79 Å². The minimum atomic E-state index is -0.157. The second-order valence-electron chi connectivity index (χ2n) is 6.76. The Balaban J connectivity index is 2.04. The highest BCUT2D eigenvalue weighted by Gasteiger charge is 2.26. The molecule has 0 spiro atoms. The number of anilines is 1. The number of nitrogens with one attached hydrogen (secondary N) is 2. The molecule has 1 fully saturated rings. The van der Waals surface area contributed by atoms with Crippen LogP contribution < -0.4 is 16.4 Å². The molecule has 2 unspecified atom stereocenters. The smallest absolute Gasteiger partial charge is 0.253 e. The first kappa shape index (κ1) is 17.5. The van der Waals surface area contributed by atoms with Gasteiger partial charge in [0.05, 0.1) is 11.3 Å². The van der Waals surface area contributed by atoms with E-state index in [-0.39, 0.29) is 23.8 Å². The van der Waals surface area contributed by atoms with Gasteiger partial charge in [-0.05, 0) is 37.3 Å². The van der Waals surface area contributed by atoms with Gasteiger partial charge in [0.25, 0.3) is 5.91 Å². The summed E-state index contributed by atoms with van der Waals surface area (Å²) in [6, 6.07) is 7.23. The number of carbonyl (C=O) groups excluding carboxylic acids is 2. The zero-order valence-electron chi connectivity index (χ0n) is 14.0. The lowest BCUT2D eigenvalue weighted by molar-refractivity contribution is -0.120. The normalized spacial score (nSPS) is 21.0. The minimum absolute atomic E-state index is 0.0377. The number of carbonyl (C=O) groups is 2. The molecule has 1 aromatic rings. The van der Waals surface area contributed by atoms with Crippen molar-refractivity contribution < 1.29 is 9.59 Å². The topological polar surface area (TPSA) is 84.2 Å². The van der Waals surface area contributed by atoms with E-state index in [2.05, 4.69) is 10.6 Å². The molecule has 1 saturated carbocycles. The summed E-state index contributed by atoms with van der Waals surface area (Å²) in [4.78, 5) is 24.8. The molecule has 1 aromatic carbocycles. The Morgan fingerprint density at radius 1 is 1.26 bits per heavy atom. The maximum absolute atomic E-state index is 12.5. The maximum atomic E-state index is 12.5. The average Bonchev–Trinajstić information content (AvgIpc) is 2.53. The SMILES string of the molecule is CC(C)CNC(=O)c1ccccc1NC(=O)C1CCCC(N)C1. The Hall–Kier alpha value is -1.88. The van der Waals surface area contributed by atoms with Gasteiger partial charge in [0, 0.05) is 18.5 Å². The first-order chi connectivity index (χ1) is 11.0. The van der Waals surface area contributed by atoms with Crippen molar-refractivity contribution in [2.45, 2.75) is 45.6 Å². The summed E-state index contributed by atoms with van der Waals surface area (Å²) in [5.41, 5.74) is 7.03. The Kier molecular flexibility index (Phi) is 6.16. The highest BCUT2D eigenvalue weighted by atomic mass is 16.2. The lowest BCUT2D eigenvalue weighted by atomic mass is 9.85. The number of nitrogens with two attached hydrogens (primary N) is 1. The van der Waals surface area contributed by atoms with Crippen LogP contribution in [0.1, 0.15) is 49.9 Å². The van der Waals surface area contributed by atoms with Crippen LogP contribution in [0.5, 0.6) is 0 Å². The number of benzene rings is 1. The fraction of sp³-hybridized carbons (Fsp3) is 0.556. The van der Waals surface area contributed by atoms with Gasteiger partial charge in [-0.2, -0.15) is 0 Å². The summed E-state index contributed by atoms with van der Waals surface area (Å²) in [6.07, 6.45) is 3.54. The Morgan fingerprint density at radius 3 is 2.70 bits per heavy atom. The molecule has 0 bridgehead atoms. The number of rotatable bonds is 5. The Labute approximate surface area is 138 Å². The van der Waals surface area contributed by atoms with Crippen molar-refractivity contribution >= 4 is 17.5 Å². The Bertz CT molecular complexity index is 557. The fourth-order valence-electron chi connectivity index (χ4n) is 2.88. The van der Waals surface area contributed by atoms with Crippen LogP contribution in [0.2, 0.25) is 0 Å². The lowest BCUT2D eigenvalue weighted by Gasteiger charge is -2.26. The molecule has 5 nitrogen and oxygen atoms in total. The van der Waals surface area contributed by atoms with Gasteiger partial charge in [-0.1, -0.05) is 32.4 Å². The molecule has 0 saturated heterocycles. The van der Waals surface area contributed by atoms with Crippen molar-refractivity contribution in [1.82, 2.24) is 5.32 Å². The molecule has 2 rings (SSSR count). The van der Waals surface area contributed by atoms with E-state index in [9.17, 15) is 9.59 Å². The standard InChI is InChI=1S/C18H27N3O2/c1-12(2)11-20-18(23)15-8-3-4-9-16(15)21-17(22)13-6-5-7-14(19)10-13/h3-4,8-9,12-14H,5-7,10-11,19H2,1-2H3,(H,20,23)(H,21,22). The van der Waals surface area contributed by atoms with Crippen molar-refractivity contribution in [2.75, 3.05) is 11.9 Å². The second-order valence-corrected chi connectivity index (χ2v) is 6.76. The number of hydrogen-bond donors (Lipinski definition) is 3. The molecule has 126 valence electrons. The molecule has 5 heteroatoms. The van der Waals surface area contributed by atoms with Crippen LogP contribution >= 0.6 is 0 Å². The highest BCUT2D eigenvalue weighted by Crippen LogP contribution is 2.25. The molecule has 1 aliphatic rings. The predicted octanol–water partition coefficient (Wildman–Crippen LogP) is 2.53. The lowest BCUT2D eigenvalue weighted by Crippen LogP contribution is -2.35. The Morgan fingerprint density at radius 2 is 2.00 bits per heavy atom. The molecule has 0 heterocycles. The summed E-state index contributed by atoms with van der Waals surface area (Å²) in [6.45, 7) is 4.69. The van der Waals surface area contributed by atoms with Crippen molar-refractivity contribution in [1.29, 1.82) is 0 Å². The van der Waals surface area contributed by atoms with Crippen LogP contribution in [0, 0.1) is 11.8 Å². The van der Waals surface area contributed by atoms with Gasteiger partial charge in [0.1, 0.15) is 0 Å². The molecule has 1 aliphatic carbocycles. The molecular formula is C18H27N3O2. The van der Waals surface area contributed by atoms with Gasteiger partial charge in [0.2, 0.25) is 5.91 Å². The van der Waals surface area contributed by atoms with Gasteiger partial charge in [0.15, 0.2) is 0 Å². The number of para-hydroxylation sites is 1. The molecular weight excluding hydrogens is 290 g/mol. The average molecular weight is 317 g/mol. The minimum Gasteiger partial charge on any atom is -0.352 e. The van der Waals surface area contributed by atoms with E-state index in [4.69, 9.17) is 5.73 Å². The van der Waals surface area contributed by atoms with E-state index in [0.717, 1.165) is 19.3 Å². The van der Waals surface area contributed by atoms with Crippen molar-refractivity contribution in [3.8, 4) is 0 Å². The highest BCUT2D eigenvalue weighted by molar-refractivity contribution is 6.04. The summed E-state index contributed by atoms with van der Waals surface area (Å²) in [5, 5.41) is 5.80. The zero-order valence-corrected chi connectivity index (χ0v) is 14.0. The third kappa shape index (κ3) is 5.06. The molecule has 2 atom stereocenters. The van der Waals surface area contributed by atoms with Crippen molar-refractivity contribution in [3.63, 3.8) is 0 Å². The van der Waals surface area contributed by atoms with Gasteiger partial charge in [-0.15, -0.1) is 0 Å². The first-order valence-electron chi connectivity index (χ1n) is 8.41. The van der Waals surface area contributed by atoms with E-state index in [1.165, 1.54) is 0 Å². The third-order valence-electron chi connectivity index (χ3n) is 4.19. The van der Waals surface area contributed by atoms with Crippen molar-refractivity contribution in [2.24, 2.45) is 17.6 Å². The van der Waals surface area contributed by atoms with Crippen LogP contribution in [0.3, 0.4) is 0 Å². The van der Waals surface area contributed by atoms with Gasteiger partial charge >= 0.3 is 0 Å². The number of hydrogen-bond acceptors (Lipinski definition) is 3. The van der Waals surface area contributed by atoms with Crippen LogP contribution in [-0.4, -0.2) is 24.4 Å². The van der Waals surface area contributed by atoms with Gasteiger partial charge < -0.3 is 16.4 Å². The first-order valence-corrected chi connectivity index (χ1v) is 8.41. The van der Waals surface area contributed by atoms with Crippen LogP contribution in [0.25, 0.3) is 0 Å². The summed E-state index contributed by atoms with van der Waals surface area (Å²) in [5.74, 6) is 0.120. The molecule has 0 aromatic heterocycles. The van der Waals surface area contributed by atoms with E-state index in [1.54, 1.807) is 18.2 Å². The van der Waals surface area contributed by atoms with Gasteiger partial charge in [-0.25, -0.2) is 0 Å². The molecule has 0 aliphatic heterocycles. The molecule has 2 amide bonds. The van der Waals surface area contributed by atoms with Crippen molar-refractivity contribution in [3.05, 3.63) is 29.8 Å². The third-order valence-corrected chi connectivity index (χ3v) is 4.19. The summed E-state index contributed by atoms with van der Waals surface area (Å²) in [7, 11) is 0. The quantitative estimate of drug-likeness (QED) is 0.780. The predicted molar refractivity (Wildman–Crippen MR) is 92.2 cm³/mol. The molecule has 4 N–H and O–H groups in total. The van der Waals surface area contributed by atoms with E-state index in [0.29, 0.717) is 30.1 Å². The molecule has 0 radical (unpaired) electrons. The monoisotopic (exact) mass is 317 g/mol. The van der Waals surface area contributed by atoms with E-state index >= 15 is 0 Å². The van der Waals surface area contributed by atoms with Crippen LogP contribution in [0.4, 0.5) is 5.69 Å². The number of amides is 2. The maximum Gasteiger partial charge on any atom is 0.253 e. The largest absolute Gasteiger partial charge is 0.352 e. The van der Waals surface area contributed by atoms with Gasteiger partial charge in [-0.3, -0.25) is 9.59 Å². The van der Waals surface area contributed by atoms with E-state index < -0.39 is 0 Å². The summed E-state index contributed by atoms with van der Waals surface area (Å²) >= 11 is 0. The molecule has 23 heavy (non-hydrogen) atoms. The van der Waals surface area contributed by atoms with E-state index in [1.807, 2.05) is 19.9 Å².